The molecule has 0 bridgehead atoms. The number of halogens is 1. The standard InChI is InChI=1S/C17H22INO3/c1-4-6-13-7-5-8-19(13)17(20)10-12-9-15(21-2)16(22-3)11-14(12)18/h4,6,9,11,13H,5,7-8,10H2,1-3H3/b6-4-/t13-/m1/s1. The second kappa shape index (κ2) is 7.85. The Balaban J connectivity index is 2.18. The van der Waals surface area contributed by atoms with Crippen molar-refractivity contribution < 1.29 is 14.3 Å². The zero-order chi connectivity index (χ0) is 16.1. The molecule has 0 radical (unpaired) electrons. The summed E-state index contributed by atoms with van der Waals surface area (Å²) in [7, 11) is 3.23. The lowest BCUT2D eigenvalue weighted by Crippen LogP contribution is -2.35. The molecular formula is C17H22INO3. The maximum atomic E-state index is 12.6. The summed E-state index contributed by atoms with van der Waals surface area (Å²) in [6, 6.07) is 4.06. The summed E-state index contributed by atoms with van der Waals surface area (Å²) < 4.78 is 11.6. The number of likely N-dealkylation sites (tertiary alicyclic amines) is 1. The van der Waals surface area contributed by atoms with Crippen LogP contribution in [0.3, 0.4) is 0 Å². The van der Waals surface area contributed by atoms with Crippen LogP contribution >= 0.6 is 22.6 Å². The van der Waals surface area contributed by atoms with Crippen molar-refractivity contribution >= 4 is 28.5 Å². The minimum absolute atomic E-state index is 0.172. The van der Waals surface area contributed by atoms with Crippen LogP contribution in [0.4, 0.5) is 0 Å². The SMILES string of the molecule is C/C=C\[C@@H]1CCCN1C(=O)Cc1cc(OC)c(OC)cc1I. The van der Waals surface area contributed by atoms with Crippen LogP contribution in [-0.2, 0) is 11.2 Å². The van der Waals surface area contributed by atoms with Gasteiger partial charge in [0.1, 0.15) is 0 Å². The molecule has 1 aliphatic rings. The molecule has 1 amide bonds. The summed E-state index contributed by atoms with van der Waals surface area (Å²) in [5.41, 5.74) is 0.981. The van der Waals surface area contributed by atoms with E-state index in [-0.39, 0.29) is 11.9 Å². The number of ether oxygens (including phenoxy) is 2. The predicted molar refractivity (Wildman–Crippen MR) is 95.5 cm³/mol. The van der Waals surface area contributed by atoms with E-state index in [0.717, 1.165) is 28.5 Å². The first-order valence-corrected chi connectivity index (χ1v) is 8.51. The van der Waals surface area contributed by atoms with Crippen LogP contribution in [0.25, 0.3) is 0 Å². The van der Waals surface area contributed by atoms with Gasteiger partial charge in [0.15, 0.2) is 11.5 Å². The number of hydrogen-bond donors (Lipinski definition) is 0. The van der Waals surface area contributed by atoms with Crippen molar-refractivity contribution in [3.8, 4) is 11.5 Å². The molecule has 4 nitrogen and oxygen atoms in total. The largest absolute Gasteiger partial charge is 0.493 e. The molecule has 1 fully saturated rings. The Bertz CT molecular complexity index is 571. The first-order valence-electron chi connectivity index (χ1n) is 7.43. The van der Waals surface area contributed by atoms with Crippen molar-refractivity contribution in [1.82, 2.24) is 4.90 Å². The molecule has 1 saturated heterocycles. The molecule has 2 rings (SSSR count). The highest BCUT2D eigenvalue weighted by atomic mass is 127. The van der Waals surface area contributed by atoms with E-state index in [2.05, 4.69) is 28.7 Å². The highest BCUT2D eigenvalue weighted by Gasteiger charge is 2.27. The van der Waals surface area contributed by atoms with Gasteiger partial charge < -0.3 is 14.4 Å². The smallest absolute Gasteiger partial charge is 0.227 e. The second-order valence-corrected chi connectivity index (χ2v) is 6.46. The van der Waals surface area contributed by atoms with Gasteiger partial charge in [0, 0.05) is 10.1 Å². The third-order valence-electron chi connectivity index (χ3n) is 3.93. The van der Waals surface area contributed by atoms with Gasteiger partial charge in [0.25, 0.3) is 0 Å². The van der Waals surface area contributed by atoms with Crippen LogP contribution in [0.2, 0.25) is 0 Å². The maximum absolute atomic E-state index is 12.6. The second-order valence-electron chi connectivity index (χ2n) is 5.30. The van der Waals surface area contributed by atoms with Crippen LogP contribution in [0.1, 0.15) is 25.3 Å². The van der Waals surface area contributed by atoms with Crippen LogP contribution in [0, 0.1) is 3.57 Å². The number of carbonyl (C=O) groups is 1. The van der Waals surface area contributed by atoms with Crippen molar-refractivity contribution in [2.45, 2.75) is 32.2 Å². The van der Waals surface area contributed by atoms with Crippen molar-refractivity contribution in [2.24, 2.45) is 0 Å². The highest BCUT2D eigenvalue weighted by Crippen LogP contribution is 2.32. The summed E-state index contributed by atoms with van der Waals surface area (Å²) in [5, 5.41) is 0. The van der Waals surface area contributed by atoms with Crippen LogP contribution in [0.15, 0.2) is 24.3 Å². The van der Waals surface area contributed by atoms with E-state index in [1.807, 2.05) is 30.0 Å². The fourth-order valence-corrected chi connectivity index (χ4v) is 3.45. The maximum Gasteiger partial charge on any atom is 0.227 e. The van der Waals surface area contributed by atoms with Crippen molar-refractivity contribution in [1.29, 1.82) is 0 Å². The molecule has 1 aromatic rings. The third-order valence-corrected chi connectivity index (χ3v) is 4.93. The fraction of sp³-hybridized carbons (Fsp3) is 0.471. The van der Waals surface area contributed by atoms with Gasteiger partial charge >= 0.3 is 0 Å². The molecule has 5 heteroatoms. The Morgan fingerprint density at radius 3 is 2.68 bits per heavy atom. The van der Waals surface area contributed by atoms with Gasteiger partial charge in [-0.25, -0.2) is 0 Å². The van der Waals surface area contributed by atoms with E-state index >= 15 is 0 Å². The number of methoxy groups -OCH3 is 2. The molecule has 1 atom stereocenters. The van der Waals surface area contributed by atoms with Gasteiger partial charge in [0.05, 0.1) is 26.7 Å². The van der Waals surface area contributed by atoms with E-state index in [4.69, 9.17) is 9.47 Å². The number of amides is 1. The molecule has 0 spiro atoms. The van der Waals surface area contributed by atoms with E-state index in [0.29, 0.717) is 17.9 Å². The Labute approximate surface area is 145 Å². The summed E-state index contributed by atoms with van der Waals surface area (Å²) in [4.78, 5) is 14.6. The van der Waals surface area contributed by atoms with Gasteiger partial charge in [-0.05, 0) is 60.1 Å². The molecule has 0 unspecified atom stereocenters. The number of allylic oxidation sites excluding steroid dienone is 1. The summed E-state index contributed by atoms with van der Waals surface area (Å²) in [6.45, 7) is 2.84. The zero-order valence-electron chi connectivity index (χ0n) is 13.3. The zero-order valence-corrected chi connectivity index (χ0v) is 15.4. The lowest BCUT2D eigenvalue weighted by molar-refractivity contribution is -0.130. The normalized spacial score (nSPS) is 18.0. The van der Waals surface area contributed by atoms with Gasteiger partial charge in [-0.15, -0.1) is 0 Å². The monoisotopic (exact) mass is 415 g/mol. The third kappa shape index (κ3) is 3.74. The molecule has 1 aromatic carbocycles. The van der Waals surface area contributed by atoms with Gasteiger partial charge in [-0.1, -0.05) is 12.2 Å². The average molecular weight is 415 g/mol. The Morgan fingerprint density at radius 1 is 1.36 bits per heavy atom. The number of carbonyl (C=O) groups excluding carboxylic acids is 1. The summed E-state index contributed by atoms with van der Waals surface area (Å²) in [5.74, 6) is 1.53. The summed E-state index contributed by atoms with van der Waals surface area (Å²) in [6.07, 6.45) is 6.66. The molecule has 0 aromatic heterocycles. The minimum atomic E-state index is 0.172. The van der Waals surface area contributed by atoms with Crippen LogP contribution in [-0.4, -0.2) is 37.6 Å². The first-order chi connectivity index (χ1) is 10.6. The molecule has 22 heavy (non-hydrogen) atoms. The topological polar surface area (TPSA) is 38.8 Å². The molecular weight excluding hydrogens is 393 g/mol. The Hall–Kier alpha value is -1.24. The molecule has 0 aliphatic carbocycles. The van der Waals surface area contributed by atoms with Crippen molar-refractivity contribution in [3.63, 3.8) is 0 Å². The van der Waals surface area contributed by atoms with Crippen LogP contribution in [0.5, 0.6) is 11.5 Å². The van der Waals surface area contributed by atoms with E-state index in [1.54, 1.807) is 14.2 Å². The predicted octanol–water partition coefficient (Wildman–Crippen LogP) is 3.42. The average Bonchev–Trinajstić information content (AvgIpc) is 2.97. The minimum Gasteiger partial charge on any atom is -0.493 e. The quantitative estimate of drug-likeness (QED) is 0.547. The molecule has 0 N–H and O–H groups in total. The fourth-order valence-electron chi connectivity index (χ4n) is 2.82. The van der Waals surface area contributed by atoms with E-state index < -0.39 is 0 Å². The number of hydrogen-bond acceptors (Lipinski definition) is 3. The van der Waals surface area contributed by atoms with Crippen molar-refractivity contribution in [3.05, 3.63) is 33.4 Å². The lowest BCUT2D eigenvalue weighted by Gasteiger charge is -2.23. The Kier molecular flexibility index (Phi) is 6.11. The molecule has 120 valence electrons. The van der Waals surface area contributed by atoms with Crippen LogP contribution < -0.4 is 9.47 Å². The van der Waals surface area contributed by atoms with Crippen molar-refractivity contribution in [2.75, 3.05) is 20.8 Å². The first kappa shape index (κ1) is 17.1. The number of benzene rings is 1. The summed E-state index contributed by atoms with van der Waals surface area (Å²) >= 11 is 2.24. The molecule has 1 heterocycles. The number of rotatable bonds is 5. The van der Waals surface area contributed by atoms with Gasteiger partial charge in [-0.3, -0.25) is 4.79 Å². The molecule has 1 aliphatic heterocycles. The number of nitrogens with zero attached hydrogens (tertiary/aromatic N) is 1. The molecule has 0 saturated carbocycles. The van der Waals surface area contributed by atoms with E-state index in [9.17, 15) is 4.79 Å². The lowest BCUT2D eigenvalue weighted by atomic mass is 10.1. The van der Waals surface area contributed by atoms with Gasteiger partial charge in [0.2, 0.25) is 5.91 Å². The highest BCUT2D eigenvalue weighted by molar-refractivity contribution is 14.1. The van der Waals surface area contributed by atoms with Gasteiger partial charge in [-0.2, -0.15) is 0 Å². The Morgan fingerprint density at radius 2 is 2.05 bits per heavy atom. The van der Waals surface area contributed by atoms with E-state index in [1.165, 1.54) is 0 Å².